The fraction of sp³-hybridized carbons (Fsp3) is 0.0769. The van der Waals surface area contributed by atoms with Crippen LogP contribution in [0.25, 0.3) is 0 Å². The number of rotatable bonds is 5. The second-order valence-electron chi connectivity index (χ2n) is 3.89. The summed E-state index contributed by atoms with van der Waals surface area (Å²) < 4.78 is 5.03. The van der Waals surface area contributed by atoms with Crippen molar-refractivity contribution in [2.24, 2.45) is 0 Å². The number of pyridine rings is 1. The third kappa shape index (κ3) is 3.48. The number of carboxylic acid groups (broad SMARTS) is 1. The van der Waals surface area contributed by atoms with Gasteiger partial charge in [-0.05, 0) is 24.3 Å². The molecule has 1 aromatic heterocycles. The molecule has 0 saturated carbocycles. The van der Waals surface area contributed by atoms with Crippen LogP contribution >= 0.6 is 11.8 Å². The molecule has 2 rings (SSSR count). The van der Waals surface area contributed by atoms with Crippen LogP contribution in [0.15, 0.2) is 46.5 Å². The Hall–Kier alpha value is -2.61. The summed E-state index contributed by atoms with van der Waals surface area (Å²) in [5, 5.41) is 20.0. The molecular formula is C13H10N2O5S. The number of nitrogens with zero attached hydrogens (tertiary/aromatic N) is 2. The number of carbonyl (C=O) groups is 1. The SMILES string of the molecule is COc1ccc(Sc2ncc(C(=O)O)cc2[N+](=O)[O-])cc1. The zero-order valence-electron chi connectivity index (χ0n) is 10.8. The predicted octanol–water partition coefficient (Wildman–Crippen LogP) is 2.85. The molecule has 108 valence electrons. The minimum atomic E-state index is -1.26. The Morgan fingerprint density at radius 1 is 1.38 bits per heavy atom. The number of aromatic nitrogens is 1. The van der Waals surface area contributed by atoms with Crippen molar-refractivity contribution in [2.75, 3.05) is 7.11 Å². The van der Waals surface area contributed by atoms with E-state index in [0.717, 1.165) is 28.9 Å². The average molecular weight is 306 g/mol. The van der Waals surface area contributed by atoms with Crippen LogP contribution in [0.5, 0.6) is 5.75 Å². The first-order valence-electron chi connectivity index (χ1n) is 5.71. The normalized spacial score (nSPS) is 10.1. The third-order valence-corrected chi connectivity index (χ3v) is 3.57. The van der Waals surface area contributed by atoms with Crippen LogP contribution in [0.3, 0.4) is 0 Å². The number of aromatic carboxylic acids is 1. The molecule has 0 fully saturated rings. The molecule has 0 aliphatic heterocycles. The van der Waals surface area contributed by atoms with Gasteiger partial charge in [0, 0.05) is 17.2 Å². The molecular weight excluding hydrogens is 296 g/mol. The van der Waals surface area contributed by atoms with E-state index in [2.05, 4.69) is 4.98 Å². The molecule has 0 aliphatic rings. The molecule has 0 bridgehead atoms. The summed E-state index contributed by atoms with van der Waals surface area (Å²) in [6, 6.07) is 7.92. The van der Waals surface area contributed by atoms with Crippen LogP contribution in [0.1, 0.15) is 10.4 Å². The fourth-order valence-corrected chi connectivity index (χ4v) is 2.36. The van der Waals surface area contributed by atoms with Gasteiger partial charge >= 0.3 is 11.7 Å². The smallest absolute Gasteiger partial charge is 0.337 e. The minimum Gasteiger partial charge on any atom is -0.497 e. The van der Waals surface area contributed by atoms with Crippen LogP contribution in [-0.4, -0.2) is 28.1 Å². The summed E-state index contributed by atoms with van der Waals surface area (Å²) in [6.45, 7) is 0. The average Bonchev–Trinajstić information content (AvgIpc) is 2.48. The van der Waals surface area contributed by atoms with Gasteiger partial charge in [-0.1, -0.05) is 11.8 Å². The summed E-state index contributed by atoms with van der Waals surface area (Å²) in [7, 11) is 1.54. The van der Waals surface area contributed by atoms with Crippen LogP contribution < -0.4 is 4.74 Å². The van der Waals surface area contributed by atoms with Crippen molar-refractivity contribution in [1.82, 2.24) is 4.98 Å². The summed E-state index contributed by atoms with van der Waals surface area (Å²) >= 11 is 1.08. The number of ether oxygens (including phenoxy) is 1. The van der Waals surface area contributed by atoms with Crippen molar-refractivity contribution in [3.05, 3.63) is 52.2 Å². The summed E-state index contributed by atoms with van der Waals surface area (Å²) in [5.74, 6) is -0.588. The number of nitro groups is 1. The van der Waals surface area contributed by atoms with Crippen LogP contribution in [0, 0.1) is 10.1 Å². The Morgan fingerprint density at radius 3 is 2.57 bits per heavy atom. The van der Waals surface area contributed by atoms with Gasteiger partial charge in [-0.2, -0.15) is 0 Å². The zero-order valence-corrected chi connectivity index (χ0v) is 11.7. The van der Waals surface area contributed by atoms with E-state index < -0.39 is 10.9 Å². The van der Waals surface area contributed by atoms with E-state index in [-0.39, 0.29) is 16.3 Å². The molecule has 0 amide bonds. The van der Waals surface area contributed by atoms with Crippen LogP contribution in [0.2, 0.25) is 0 Å². The summed E-state index contributed by atoms with van der Waals surface area (Å²) in [5.41, 5.74) is -0.559. The second kappa shape index (κ2) is 6.23. The standard InChI is InChI=1S/C13H10N2O5S/c1-20-9-2-4-10(5-3-9)21-12-11(15(18)19)6-8(7-14-12)13(16)17/h2-7H,1H3,(H,16,17). The molecule has 0 aliphatic carbocycles. The van der Waals surface area contributed by atoms with Gasteiger partial charge in [0.25, 0.3) is 0 Å². The van der Waals surface area contributed by atoms with E-state index in [4.69, 9.17) is 9.84 Å². The highest BCUT2D eigenvalue weighted by Crippen LogP contribution is 2.34. The monoisotopic (exact) mass is 306 g/mol. The van der Waals surface area contributed by atoms with Crippen molar-refractivity contribution in [1.29, 1.82) is 0 Å². The molecule has 2 aromatic rings. The fourth-order valence-electron chi connectivity index (χ4n) is 1.52. The number of hydrogen-bond acceptors (Lipinski definition) is 6. The number of carboxylic acids is 1. The first-order chi connectivity index (χ1) is 10.0. The molecule has 0 saturated heterocycles. The van der Waals surface area contributed by atoms with Gasteiger partial charge in [0.05, 0.1) is 17.6 Å². The molecule has 7 nitrogen and oxygen atoms in total. The zero-order chi connectivity index (χ0) is 15.4. The van der Waals surface area contributed by atoms with E-state index in [1.807, 2.05) is 0 Å². The van der Waals surface area contributed by atoms with Crippen molar-refractivity contribution in [3.63, 3.8) is 0 Å². The summed E-state index contributed by atoms with van der Waals surface area (Å²) in [6.07, 6.45) is 1.10. The van der Waals surface area contributed by atoms with Crippen LogP contribution in [0.4, 0.5) is 5.69 Å². The highest BCUT2D eigenvalue weighted by molar-refractivity contribution is 7.99. The van der Waals surface area contributed by atoms with Gasteiger partial charge in [-0.25, -0.2) is 9.78 Å². The van der Waals surface area contributed by atoms with E-state index in [1.54, 1.807) is 31.4 Å². The van der Waals surface area contributed by atoms with Gasteiger partial charge < -0.3 is 9.84 Å². The number of methoxy groups -OCH3 is 1. The predicted molar refractivity (Wildman–Crippen MR) is 75.0 cm³/mol. The Bertz CT molecular complexity index is 687. The lowest BCUT2D eigenvalue weighted by molar-refractivity contribution is -0.388. The first kappa shape index (κ1) is 14.8. The van der Waals surface area contributed by atoms with Gasteiger partial charge in [-0.3, -0.25) is 10.1 Å². The maximum Gasteiger partial charge on any atom is 0.337 e. The van der Waals surface area contributed by atoms with Gasteiger partial charge in [0.15, 0.2) is 5.03 Å². The van der Waals surface area contributed by atoms with E-state index >= 15 is 0 Å². The second-order valence-corrected chi connectivity index (χ2v) is 4.95. The lowest BCUT2D eigenvalue weighted by Crippen LogP contribution is -2.01. The Morgan fingerprint density at radius 2 is 2.05 bits per heavy atom. The molecule has 1 heterocycles. The quantitative estimate of drug-likeness (QED) is 0.669. The lowest BCUT2D eigenvalue weighted by Gasteiger charge is -2.04. The summed E-state index contributed by atoms with van der Waals surface area (Å²) in [4.78, 5) is 25.8. The number of benzene rings is 1. The van der Waals surface area contributed by atoms with Gasteiger partial charge in [0.2, 0.25) is 0 Å². The van der Waals surface area contributed by atoms with Crippen molar-refractivity contribution >= 4 is 23.4 Å². The van der Waals surface area contributed by atoms with Gasteiger partial charge in [-0.15, -0.1) is 0 Å². The van der Waals surface area contributed by atoms with Gasteiger partial charge in [0.1, 0.15) is 5.75 Å². The molecule has 1 aromatic carbocycles. The highest BCUT2D eigenvalue weighted by atomic mass is 32.2. The van der Waals surface area contributed by atoms with Crippen LogP contribution in [-0.2, 0) is 0 Å². The Labute approximate surface area is 123 Å². The topological polar surface area (TPSA) is 103 Å². The highest BCUT2D eigenvalue weighted by Gasteiger charge is 2.19. The largest absolute Gasteiger partial charge is 0.497 e. The molecule has 0 atom stereocenters. The van der Waals surface area contributed by atoms with Crippen molar-refractivity contribution < 1.29 is 19.6 Å². The molecule has 0 unspecified atom stereocenters. The Kier molecular flexibility index (Phi) is 4.39. The molecule has 0 radical (unpaired) electrons. The maximum absolute atomic E-state index is 11.0. The maximum atomic E-state index is 11.0. The van der Waals surface area contributed by atoms with Crippen molar-refractivity contribution in [3.8, 4) is 5.75 Å². The van der Waals surface area contributed by atoms with E-state index in [0.29, 0.717) is 5.75 Å². The molecule has 8 heteroatoms. The Balaban J connectivity index is 2.34. The molecule has 0 spiro atoms. The molecule has 1 N–H and O–H groups in total. The minimum absolute atomic E-state index is 0.134. The molecule has 21 heavy (non-hydrogen) atoms. The van der Waals surface area contributed by atoms with E-state index in [1.165, 1.54) is 0 Å². The number of hydrogen-bond donors (Lipinski definition) is 1. The van der Waals surface area contributed by atoms with E-state index in [9.17, 15) is 14.9 Å². The third-order valence-electron chi connectivity index (χ3n) is 2.55. The lowest BCUT2D eigenvalue weighted by atomic mass is 10.3. The first-order valence-corrected chi connectivity index (χ1v) is 6.52. The van der Waals surface area contributed by atoms with Crippen molar-refractivity contribution in [2.45, 2.75) is 9.92 Å².